The van der Waals surface area contributed by atoms with Gasteiger partial charge in [-0.25, -0.2) is 19.9 Å². The molecule has 0 unspecified atom stereocenters. The highest BCUT2D eigenvalue weighted by Gasteiger charge is 2.48. The molecule has 3 fully saturated rings. The molecule has 8 nitrogen and oxygen atoms in total. The summed E-state index contributed by atoms with van der Waals surface area (Å²) in [6, 6.07) is 6.12. The molecule has 7 rings (SSSR count). The van der Waals surface area contributed by atoms with Crippen LogP contribution in [0.2, 0.25) is 5.15 Å². The van der Waals surface area contributed by atoms with Gasteiger partial charge in [-0.2, -0.15) is 0 Å². The number of rotatable bonds is 6. The van der Waals surface area contributed by atoms with Crippen LogP contribution in [-0.2, 0) is 9.53 Å². The van der Waals surface area contributed by atoms with Gasteiger partial charge in [0.15, 0.2) is 11.5 Å². The number of nitrogens with one attached hydrogen (secondary N) is 2. The van der Waals surface area contributed by atoms with Gasteiger partial charge in [0.05, 0.1) is 34.9 Å². The smallest absolute Gasteiger partial charge is 0.311 e. The average Bonchev–Trinajstić information content (AvgIpc) is 3.50. The third-order valence-electron chi connectivity index (χ3n) is 7.40. The number of aromatic amines is 1. The van der Waals surface area contributed by atoms with Gasteiger partial charge in [0, 0.05) is 23.2 Å². The highest BCUT2D eigenvalue weighted by Crippen LogP contribution is 2.47. The zero-order valence-electron chi connectivity index (χ0n) is 20.1. The number of halogens is 1. The Labute approximate surface area is 217 Å². The van der Waals surface area contributed by atoms with Gasteiger partial charge in [0.2, 0.25) is 0 Å². The number of ether oxygens (including phenoxy) is 1. The Balaban J connectivity index is 1.43. The van der Waals surface area contributed by atoms with Crippen LogP contribution in [0.4, 0.5) is 5.82 Å². The lowest BCUT2D eigenvalue weighted by atomic mass is 9.61. The van der Waals surface area contributed by atoms with E-state index in [0.29, 0.717) is 46.4 Å². The van der Waals surface area contributed by atoms with Gasteiger partial charge in [0.25, 0.3) is 0 Å². The van der Waals surface area contributed by atoms with Gasteiger partial charge in [-0.05, 0) is 63.5 Å². The van der Waals surface area contributed by atoms with Crippen LogP contribution in [0.1, 0.15) is 37.5 Å². The quantitative estimate of drug-likeness (QED) is 0.304. The summed E-state index contributed by atoms with van der Waals surface area (Å²) in [5, 5.41) is 3.97. The first-order valence-electron chi connectivity index (χ1n) is 12.4. The molecule has 0 aliphatic heterocycles. The zero-order chi connectivity index (χ0) is 24.8. The molecule has 3 aliphatic carbocycles. The van der Waals surface area contributed by atoms with Crippen molar-refractivity contribution in [2.75, 3.05) is 11.9 Å². The molecule has 0 aromatic carbocycles. The fraction of sp³-hybridized carbons (Fsp3) is 0.423. The molecule has 0 radical (unpaired) electrons. The van der Waals surface area contributed by atoms with E-state index >= 15 is 0 Å². The van der Waals surface area contributed by atoms with Crippen molar-refractivity contribution in [3.05, 3.63) is 40.6 Å². The van der Waals surface area contributed by atoms with E-state index in [-0.39, 0.29) is 17.9 Å². The highest BCUT2D eigenvalue weighted by atomic mass is 35.5. The molecule has 186 valence electrons. The summed E-state index contributed by atoms with van der Waals surface area (Å²) in [4.78, 5) is 37.0. The van der Waals surface area contributed by atoms with Crippen LogP contribution in [0.3, 0.4) is 0 Å². The molecule has 0 saturated heterocycles. The first-order valence-corrected chi connectivity index (χ1v) is 13.6. The fourth-order valence-electron chi connectivity index (χ4n) is 5.79. The highest BCUT2D eigenvalue weighted by molar-refractivity contribution is 7.15. The van der Waals surface area contributed by atoms with E-state index < -0.39 is 0 Å². The van der Waals surface area contributed by atoms with Crippen molar-refractivity contribution >= 4 is 45.9 Å². The minimum Gasteiger partial charge on any atom is -0.466 e. The normalized spacial score (nSPS) is 23.2. The maximum Gasteiger partial charge on any atom is 0.311 e. The maximum absolute atomic E-state index is 13.0. The predicted octanol–water partition coefficient (Wildman–Crippen LogP) is 5.89. The minimum absolute atomic E-state index is 0.0190. The lowest BCUT2D eigenvalue weighted by Gasteiger charge is -2.47. The molecule has 0 amide bonds. The van der Waals surface area contributed by atoms with Crippen molar-refractivity contribution in [2.24, 2.45) is 17.8 Å². The van der Waals surface area contributed by atoms with Crippen LogP contribution in [0.15, 0.2) is 30.6 Å². The van der Waals surface area contributed by atoms with Crippen LogP contribution in [0, 0.1) is 24.7 Å². The van der Waals surface area contributed by atoms with Gasteiger partial charge in [-0.3, -0.25) is 4.79 Å². The monoisotopic (exact) mass is 522 g/mol. The Morgan fingerprint density at radius 2 is 2.00 bits per heavy atom. The molecule has 3 aliphatic rings. The van der Waals surface area contributed by atoms with E-state index in [0.717, 1.165) is 41.8 Å². The van der Waals surface area contributed by atoms with Gasteiger partial charge >= 0.3 is 5.97 Å². The van der Waals surface area contributed by atoms with Gasteiger partial charge in [-0.15, -0.1) is 11.3 Å². The summed E-state index contributed by atoms with van der Waals surface area (Å²) < 4.78 is 5.50. The van der Waals surface area contributed by atoms with Crippen molar-refractivity contribution in [3.8, 4) is 22.0 Å². The van der Waals surface area contributed by atoms with E-state index in [1.807, 2.05) is 19.2 Å². The molecule has 0 spiro atoms. The van der Waals surface area contributed by atoms with Crippen LogP contribution >= 0.6 is 22.9 Å². The third kappa shape index (κ3) is 4.24. The van der Waals surface area contributed by atoms with Gasteiger partial charge in [-0.1, -0.05) is 11.6 Å². The number of aryl methyl sites for hydroxylation is 1. The molecule has 36 heavy (non-hydrogen) atoms. The SMILES string of the molecule is CCOC(=O)[C@@H]1C2CCC(CC2)[C@H]1Nc1cc(-c2ccc(C)s2)nc(-c2c[nH]c3ncc(Cl)nc23)n1. The second-order valence-corrected chi connectivity index (χ2v) is 11.3. The molecule has 10 heteroatoms. The molecule has 4 aromatic rings. The number of carbonyl (C=O) groups excluding carboxylic acids is 1. The number of aromatic nitrogens is 5. The van der Waals surface area contributed by atoms with E-state index in [1.54, 1.807) is 11.3 Å². The Morgan fingerprint density at radius 3 is 2.75 bits per heavy atom. The predicted molar refractivity (Wildman–Crippen MR) is 141 cm³/mol. The molecular formula is C26H27ClN6O2S. The number of H-pyrrole nitrogens is 1. The molecule has 4 heterocycles. The van der Waals surface area contributed by atoms with E-state index in [9.17, 15) is 4.79 Å². The zero-order valence-corrected chi connectivity index (χ0v) is 21.7. The van der Waals surface area contributed by atoms with Crippen molar-refractivity contribution in [1.29, 1.82) is 0 Å². The summed E-state index contributed by atoms with van der Waals surface area (Å²) in [5.41, 5.74) is 2.79. The van der Waals surface area contributed by atoms with E-state index in [1.165, 1.54) is 11.1 Å². The Kier molecular flexibility index (Phi) is 6.13. The molecule has 4 aromatic heterocycles. The van der Waals surface area contributed by atoms with Crippen LogP contribution in [-0.4, -0.2) is 43.5 Å². The van der Waals surface area contributed by atoms with Gasteiger partial charge < -0.3 is 15.0 Å². The first kappa shape index (κ1) is 23.4. The summed E-state index contributed by atoms with van der Waals surface area (Å²) in [7, 11) is 0. The molecule has 2 bridgehead atoms. The topological polar surface area (TPSA) is 106 Å². The number of hydrogen-bond donors (Lipinski definition) is 2. The average molecular weight is 523 g/mol. The third-order valence-corrected chi connectivity index (χ3v) is 8.61. The van der Waals surface area contributed by atoms with Crippen molar-refractivity contribution in [3.63, 3.8) is 0 Å². The number of fused-ring (bicyclic) bond motifs is 4. The number of hydrogen-bond acceptors (Lipinski definition) is 8. The number of thiophene rings is 1. The Hall–Kier alpha value is -3.04. The van der Waals surface area contributed by atoms with E-state index in [4.69, 9.17) is 26.3 Å². The minimum atomic E-state index is -0.166. The fourth-order valence-corrected chi connectivity index (χ4v) is 6.75. The number of esters is 1. The second-order valence-electron chi connectivity index (χ2n) is 9.59. The summed E-state index contributed by atoms with van der Waals surface area (Å²) >= 11 is 7.83. The Morgan fingerprint density at radius 1 is 1.19 bits per heavy atom. The Bertz CT molecular complexity index is 1430. The first-order chi connectivity index (χ1) is 17.5. The lowest BCUT2D eigenvalue weighted by molar-refractivity contribution is -0.154. The van der Waals surface area contributed by atoms with Crippen molar-refractivity contribution in [2.45, 2.75) is 45.6 Å². The van der Waals surface area contributed by atoms with Gasteiger partial charge in [0.1, 0.15) is 16.5 Å². The summed E-state index contributed by atoms with van der Waals surface area (Å²) in [6.45, 7) is 4.34. The summed E-state index contributed by atoms with van der Waals surface area (Å²) in [6.07, 6.45) is 7.71. The molecule has 2 N–H and O–H groups in total. The second kappa shape index (κ2) is 9.44. The van der Waals surface area contributed by atoms with Crippen LogP contribution < -0.4 is 5.32 Å². The van der Waals surface area contributed by atoms with Crippen molar-refractivity contribution in [1.82, 2.24) is 24.9 Å². The van der Waals surface area contributed by atoms with Crippen LogP contribution in [0.25, 0.3) is 33.1 Å². The maximum atomic E-state index is 13.0. The standard InChI is InChI=1S/C26H27ClN6O2S/c1-3-35-26(34)21-14-5-7-15(8-6-14)22(21)32-20-10-17(18-9-4-13(2)36-18)30-24(33-20)16-11-28-25-23(16)31-19(27)12-29-25/h4,9-12,14-15,21-22H,3,5-8H2,1-2H3,(H,28,29)(H,30,32,33)/t14?,15?,21-,22-/m1/s1. The van der Waals surface area contributed by atoms with Crippen molar-refractivity contribution < 1.29 is 9.53 Å². The number of carbonyl (C=O) groups is 1. The summed E-state index contributed by atoms with van der Waals surface area (Å²) in [5.74, 6) is 1.71. The number of nitrogens with zero attached hydrogens (tertiary/aromatic N) is 4. The molecule has 2 atom stereocenters. The molecule has 3 saturated carbocycles. The lowest BCUT2D eigenvalue weighted by Crippen LogP contribution is -2.52. The largest absolute Gasteiger partial charge is 0.466 e. The number of anilines is 1. The van der Waals surface area contributed by atoms with Crippen LogP contribution in [0.5, 0.6) is 0 Å². The van der Waals surface area contributed by atoms with E-state index in [2.05, 4.69) is 39.3 Å². The molecular weight excluding hydrogens is 496 g/mol.